The van der Waals surface area contributed by atoms with Gasteiger partial charge < -0.3 is 9.88 Å². The topological polar surface area (TPSA) is 19.0 Å². The number of rotatable bonds is 6. The summed E-state index contributed by atoms with van der Waals surface area (Å²) in [6.45, 7) is 0. The van der Waals surface area contributed by atoms with Crippen LogP contribution in [-0.2, 0) is 5.41 Å². The van der Waals surface area contributed by atoms with E-state index >= 15 is 0 Å². The van der Waals surface area contributed by atoms with E-state index in [0.29, 0.717) is 5.92 Å². The molecule has 296 valence electrons. The maximum Gasteiger partial charge on any atom is 0.0726 e. The van der Waals surface area contributed by atoms with E-state index in [4.69, 9.17) is 0 Å². The van der Waals surface area contributed by atoms with E-state index in [9.17, 15) is 0 Å². The van der Waals surface area contributed by atoms with Gasteiger partial charge in [0.2, 0.25) is 0 Å². The van der Waals surface area contributed by atoms with Crippen LogP contribution in [0, 0.1) is 0 Å². The molecule has 0 bridgehead atoms. The minimum Gasteiger partial charge on any atom is -0.354 e. The number of nitrogens with zero attached hydrogens (tertiary/aromatic N) is 1. The lowest BCUT2D eigenvalue weighted by molar-refractivity contribution is 0.794. The van der Waals surface area contributed by atoms with Crippen molar-refractivity contribution in [1.82, 2.24) is 4.98 Å². The first-order valence-electron chi connectivity index (χ1n) is 22.1. The van der Waals surface area contributed by atoms with Crippen LogP contribution in [0.25, 0.3) is 66.3 Å². The zero-order valence-electron chi connectivity index (χ0n) is 34.7. The van der Waals surface area contributed by atoms with Crippen LogP contribution < -0.4 is 4.90 Å². The number of hydrogen-bond acceptors (Lipinski definition) is 1. The smallest absolute Gasteiger partial charge is 0.0726 e. The zero-order chi connectivity index (χ0) is 41.5. The lowest BCUT2D eigenvalue weighted by Crippen LogP contribution is -2.25. The van der Waals surface area contributed by atoms with Crippen LogP contribution in [-0.4, -0.2) is 4.98 Å². The van der Waals surface area contributed by atoms with Gasteiger partial charge >= 0.3 is 0 Å². The van der Waals surface area contributed by atoms with Crippen molar-refractivity contribution >= 4 is 33.2 Å². The molecule has 10 aromatic rings. The summed E-state index contributed by atoms with van der Waals surface area (Å²) in [4.78, 5) is 6.37. The van der Waals surface area contributed by atoms with Gasteiger partial charge in [-0.15, -0.1) is 0 Å². The Morgan fingerprint density at radius 3 is 1.76 bits per heavy atom. The number of anilines is 2. The summed E-state index contributed by atoms with van der Waals surface area (Å²) in [6.07, 6.45) is 8.02. The van der Waals surface area contributed by atoms with Gasteiger partial charge in [0.15, 0.2) is 0 Å². The number of benzene rings is 9. The molecule has 0 amide bonds. The molecule has 1 atom stereocenters. The first-order valence-corrected chi connectivity index (χ1v) is 22.1. The lowest BCUT2D eigenvalue weighted by atomic mass is 9.70. The first kappa shape index (κ1) is 35.8. The quantitative estimate of drug-likeness (QED) is 0.177. The van der Waals surface area contributed by atoms with E-state index in [2.05, 4.69) is 240 Å². The Balaban J connectivity index is 0.910. The summed E-state index contributed by atoms with van der Waals surface area (Å²) in [6, 6.07) is 78.3. The molecule has 13 rings (SSSR count). The van der Waals surface area contributed by atoms with Crippen LogP contribution in [0.3, 0.4) is 0 Å². The van der Waals surface area contributed by atoms with Crippen molar-refractivity contribution in [2.45, 2.75) is 17.8 Å². The van der Waals surface area contributed by atoms with E-state index in [1.54, 1.807) is 0 Å². The fourth-order valence-electron chi connectivity index (χ4n) is 11.2. The van der Waals surface area contributed by atoms with Crippen molar-refractivity contribution in [1.29, 1.82) is 0 Å². The molecule has 0 aliphatic heterocycles. The molecule has 1 spiro atoms. The molecule has 9 aromatic carbocycles. The molecule has 1 heterocycles. The number of H-pyrrole nitrogens is 1. The average Bonchev–Trinajstić information content (AvgIpc) is 3.99. The van der Waals surface area contributed by atoms with Crippen LogP contribution in [0.5, 0.6) is 0 Å². The molecule has 0 saturated carbocycles. The molecule has 1 unspecified atom stereocenters. The highest BCUT2D eigenvalue weighted by Gasteiger charge is 2.52. The predicted molar refractivity (Wildman–Crippen MR) is 263 cm³/mol. The number of hydrogen-bond donors (Lipinski definition) is 1. The zero-order valence-corrected chi connectivity index (χ0v) is 34.7. The molecule has 2 heteroatoms. The van der Waals surface area contributed by atoms with Gasteiger partial charge in [-0.1, -0.05) is 194 Å². The van der Waals surface area contributed by atoms with Crippen LogP contribution in [0.1, 0.15) is 40.2 Å². The molecule has 3 aliphatic carbocycles. The van der Waals surface area contributed by atoms with E-state index in [0.717, 1.165) is 23.3 Å². The largest absolute Gasteiger partial charge is 0.354 e. The van der Waals surface area contributed by atoms with Gasteiger partial charge in [0.1, 0.15) is 0 Å². The summed E-state index contributed by atoms with van der Waals surface area (Å²) in [5, 5.41) is 2.49. The van der Waals surface area contributed by atoms with Crippen molar-refractivity contribution in [2.24, 2.45) is 0 Å². The van der Waals surface area contributed by atoms with Crippen molar-refractivity contribution in [2.75, 3.05) is 4.90 Å². The second kappa shape index (κ2) is 14.1. The van der Waals surface area contributed by atoms with Crippen LogP contribution >= 0.6 is 0 Å². The summed E-state index contributed by atoms with van der Waals surface area (Å²) in [7, 11) is 0. The highest BCUT2D eigenvalue weighted by atomic mass is 15.1. The summed E-state index contributed by atoms with van der Waals surface area (Å²) >= 11 is 0. The Morgan fingerprint density at radius 2 is 1.06 bits per heavy atom. The maximum absolute atomic E-state index is 3.94. The normalized spacial score (nSPS) is 15.2. The van der Waals surface area contributed by atoms with Crippen LogP contribution in [0.4, 0.5) is 11.4 Å². The lowest BCUT2D eigenvalue weighted by Gasteiger charge is -2.31. The SMILES string of the molecule is C1=CC(c2ccccc2)CC=C1N(c1ccc(-c2ccc3[nH]c4c5c(ccc4c3c2)C2(c3ccccc3-c3ccccc32)c2ccccc2-5)cc1)c1ccccc1-c1ccccc1. The van der Waals surface area contributed by atoms with E-state index in [-0.39, 0.29) is 5.41 Å². The Labute approximate surface area is 367 Å². The fourth-order valence-corrected chi connectivity index (χ4v) is 11.2. The van der Waals surface area contributed by atoms with Gasteiger partial charge in [0.05, 0.1) is 16.6 Å². The molecular weight excluding hydrogens is 761 g/mol. The number of fused-ring (bicyclic) bond motifs is 14. The minimum absolute atomic E-state index is 0.357. The number of allylic oxidation sites excluding steroid dienone is 3. The van der Waals surface area contributed by atoms with Crippen molar-refractivity contribution in [3.8, 4) is 44.5 Å². The third kappa shape index (κ3) is 5.31. The molecule has 0 fully saturated rings. The second-order valence-corrected chi connectivity index (χ2v) is 17.2. The summed E-state index contributed by atoms with van der Waals surface area (Å²) in [5.74, 6) is 0.357. The third-order valence-electron chi connectivity index (χ3n) is 14.0. The summed E-state index contributed by atoms with van der Waals surface area (Å²) < 4.78 is 0. The molecule has 63 heavy (non-hydrogen) atoms. The van der Waals surface area contributed by atoms with Gasteiger partial charge in [-0.25, -0.2) is 0 Å². The van der Waals surface area contributed by atoms with Crippen molar-refractivity contribution in [3.05, 3.63) is 264 Å². The standard InChI is InChI=1S/C61H42N2/c1-3-15-40(16-4-1)41-27-32-45(33-28-41)63(58-26-14-10-19-47(58)43-17-5-2-6-18-43)46-34-29-42(30-35-46)44-31-38-57-52(39-44)50-36-37-56-59(60(50)62-57)51-22-9-13-25-55(51)61(56)53-23-11-7-20-48(53)49-21-8-12-24-54(49)61/h1-27,29-39,41,62H,28H2. The number of para-hydroxylation sites is 1. The monoisotopic (exact) mass is 802 g/mol. The first-order chi connectivity index (χ1) is 31.3. The highest BCUT2D eigenvalue weighted by molar-refractivity contribution is 6.15. The van der Waals surface area contributed by atoms with Crippen LogP contribution in [0.15, 0.2) is 236 Å². The Bertz CT molecular complexity index is 3430. The van der Waals surface area contributed by atoms with Gasteiger partial charge in [0.25, 0.3) is 0 Å². The number of aromatic nitrogens is 1. The van der Waals surface area contributed by atoms with Gasteiger partial charge in [-0.05, 0) is 104 Å². The predicted octanol–water partition coefficient (Wildman–Crippen LogP) is 15.8. The molecule has 1 N–H and O–H groups in total. The molecule has 2 nitrogen and oxygen atoms in total. The highest BCUT2D eigenvalue weighted by Crippen LogP contribution is 2.63. The fraction of sp³-hybridized carbons (Fsp3) is 0.0492. The van der Waals surface area contributed by atoms with E-state index in [1.807, 2.05) is 0 Å². The summed E-state index contributed by atoms with van der Waals surface area (Å²) in [5.41, 5.74) is 22.3. The number of nitrogens with one attached hydrogen (secondary N) is 1. The second-order valence-electron chi connectivity index (χ2n) is 17.2. The van der Waals surface area contributed by atoms with Crippen LogP contribution in [0.2, 0.25) is 0 Å². The Hall–Kier alpha value is -7.94. The molecular formula is C61H42N2. The van der Waals surface area contributed by atoms with Gasteiger partial charge in [-0.2, -0.15) is 0 Å². The van der Waals surface area contributed by atoms with E-state index < -0.39 is 0 Å². The number of aromatic amines is 1. The van der Waals surface area contributed by atoms with Gasteiger partial charge in [0, 0.05) is 44.7 Å². The molecule has 0 radical (unpaired) electrons. The van der Waals surface area contributed by atoms with Crippen molar-refractivity contribution < 1.29 is 0 Å². The van der Waals surface area contributed by atoms with Crippen molar-refractivity contribution in [3.63, 3.8) is 0 Å². The third-order valence-corrected chi connectivity index (χ3v) is 14.0. The maximum atomic E-state index is 3.94. The average molecular weight is 803 g/mol. The van der Waals surface area contributed by atoms with Gasteiger partial charge in [-0.3, -0.25) is 0 Å². The molecule has 1 aromatic heterocycles. The molecule has 0 saturated heterocycles. The minimum atomic E-state index is -0.361. The Kier molecular flexibility index (Phi) is 7.98. The molecule has 3 aliphatic rings. The van der Waals surface area contributed by atoms with E-state index in [1.165, 1.54) is 94.3 Å². The Morgan fingerprint density at radius 1 is 0.460 bits per heavy atom.